The lowest BCUT2D eigenvalue weighted by Gasteiger charge is -2.06. The molecule has 0 atom stereocenters. The summed E-state index contributed by atoms with van der Waals surface area (Å²) in [6.45, 7) is 0.184. The maximum atomic E-state index is 10.9. The molecule has 0 saturated carbocycles. The molecular weight excluding hydrogens is 269 g/mol. The van der Waals surface area contributed by atoms with E-state index >= 15 is 0 Å². The highest BCUT2D eigenvalue weighted by Crippen LogP contribution is 2.22. The molecule has 1 aromatic rings. The largest absolute Gasteiger partial charge is 0.360 e. The second-order valence-corrected chi connectivity index (χ2v) is 3.80. The molecule has 2 N–H and O–H groups in total. The minimum absolute atomic E-state index is 0.103. The Morgan fingerprint density at radius 2 is 2.43 bits per heavy atom. The van der Waals surface area contributed by atoms with Gasteiger partial charge in [0.25, 0.3) is 0 Å². The number of aromatic nitrogens is 1. The number of nitrogens with zero attached hydrogens (tertiary/aromatic N) is 1. The van der Waals surface area contributed by atoms with Crippen LogP contribution < -0.4 is 10.6 Å². The lowest BCUT2D eigenvalue weighted by molar-refractivity contribution is -0.118. The zero-order valence-corrected chi connectivity index (χ0v) is 9.82. The molecule has 1 amide bonds. The number of pyridine rings is 1. The number of hydrogen-bond acceptors (Lipinski definition) is 3. The molecule has 0 bridgehead atoms. The number of carbonyl (C=O) groups excluding carboxylic acids is 1. The van der Waals surface area contributed by atoms with Crippen LogP contribution in [0.25, 0.3) is 0 Å². The number of carbonyl (C=O) groups is 1. The number of anilines is 1. The van der Waals surface area contributed by atoms with Gasteiger partial charge in [0.2, 0.25) is 5.91 Å². The number of hydrogen-bond donors (Lipinski definition) is 2. The molecule has 0 fully saturated rings. The summed E-state index contributed by atoms with van der Waals surface area (Å²) in [6.07, 6.45) is 1.51. The fraction of sp³-hybridized carbons (Fsp3) is 0.250. The number of rotatable bonds is 3. The monoisotopic (exact) mass is 277 g/mol. The Kier molecular flexibility index (Phi) is 4.16. The third-order valence-corrected chi connectivity index (χ3v) is 2.31. The first-order valence-electron chi connectivity index (χ1n) is 3.89. The molecule has 1 rings (SSSR count). The molecule has 0 aliphatic heterocycles. The van der Waals surface area contributed by atoms with Gasteiger partial charge in [0.15, 0.2) is 0 Å². The molecule has 6 heteroatoms. The topological polar surface area (TPSA) is 54.0 Å². The van der Waals surface area contributed by atoms with E-state index in [-0.39, 0.29) is 12.5 Å². The van der Waals surface area contributed by atoms with Crippen LogP contribution >= 0.6 is 27.5 Å². The summed E-state index contributed by atoms with van der Waals surface area (Å²) in [7, 11) is 1.58. The van der Waals surface area contributed by atoms with E-state index < -0.39 is 0 Å². The van der Waals surface area contributed by atoms with Crippen molar-refractivity contribution < 1.29 is 4.79 Å². The summed E-state index contributed by atoms with van der Waals surface area (Å²) in [5.74, 6) is 0.492. The van der Waals surface area contributed by atoms with Gasteiger partial charge >= 0.3 is 0 Å². The van der Waals surface area contributed by atoms with Gasteiger partial charge in [-0.15, -0.1) is 0 Å². The molecule has 4 nitrogen and oxygen atoms in total. The Labute approximate surface area is 95.2 Å². The van der Waals surface area contributed by atoms with E-state index in [1.165, 1.54) is 6.20 Å². The van der Waals surface area contributed by atoms with Crippen LogP contribution in [0.15, 0.2) is 16.7 Å². The number of halogens is 2. The Bertz CT molecular complexity index is 345. The first kappa shape index (κ1) is 11.3. The molecule has 0 aliphatic rings. The summed E-state index contributed by atoms with van der Waals surface area (Å²) < 4.78 is 0.730. The number of nitrogens with one attached hydrogen (secondary N) is 2. The first-order valence-corrected chi connectivity index (χ1v) is 5.06. The Morgan fingerprint density at radius 1 is 1.71 bits per heavy atom. The second-order valence-electron chi connectivity index (χ2n) is 2.51. The van der Waals surface area contributed by atoms with Crippen LogP contribution in [-0.4, -0.2) is 24.5 Å². The third kappa shape index (κ3) is 3.16. The predicted molar refractivity (Wildman–Crippen MR) is 59.5 cm³/mol. The quantitative estimate of drug-likeness (QED) is 0.884. The Hall–Kier alpha value is -0.810. The summed E-state index contributed by atoms with van der Waals surface area (Å²) in [5, 5.41) is 5.90. The summed E-state index contributed by atoms with van der Waals surface area (Å²) in [4.78, 5) is 14.9. The van der Waals surface area contributed by atoms with E-state index in [0.29, 0.717) is 10.8 Å². The van der Waals surface area contributed by atoms with Crippen molar-refractivity contribution in [2.75, 3.05) is 18.9 Å². The van der Waals surface area contributed by atoms with Gasteiger partial charge in [-0.05, 0) is 22.0 Å². The first-order chi connectivity index (χ1) is 6.63. The SMILES string of the molecule is CNC(=O)CNc1ncc(Cl)cc1Br. The van der Waals surface area contributed by atoms with E-state index in [1.807, 2.05) is 0 Å². The van der Waals surface area contributed by atoms with Gasteiger partial charge in [-0.1, -0.05) is 11.6 Å². The van der Waals surface area contributed by atoms with Crippen molar-refractivity contribution in [3.63, 3.8) is 0 Å². The van der Waals surface area contributed by atoms with E-state index in [2.05, 4.69) is 31.5 Å². The maximum absolute atomic E-state index is 10.9. The Balaban J connectivity index is 2.63. The molecule has 1 aromatic heterocycles. The van der Waals surface area contributed by atoms with Crippen molar-refractivity contribution in [3.8, 4) is 0 Å². The lowest BCUT2D eigenvalue weighted by atomic mass is 10.4. The van der Waals surface area contributed by atoms with E-state index in [0.717, 1.165) is 4.47 Å². The summed E-state index contributed by atoms with van der Waals surface area (Å²) >= 11 is 8.99. The van der Waals surface area contributed by atoms with Crippen LogP contribution in [0.4, 0.5) is 5.82 Å². The summed E-state index contributed by atoms with van der Waals surface area (Å²) in [6, 6.07) is 1.71. The van der Waals surface area contributed by atoms with Crippen LogP contribution in [0.5, 0.6) is 0 Å². The summed E-state index contributed by atoms with van der Waals surface area (Å²) in [5.41, 5.74) is 0. The average Bonchev–Trinajstić information content (AvgIpc) is 2.16. The highest BCUT2D eigenvalue weighted by atomic mass is 79.9. The van der Waals surface area contributed by atoms with Crippen molar-refractivity contribution in [2.24, 2.45) is 0 Å². The van der Waals surface area contributed by atoms with Gasteiger partial charge in [0, 0.05) is 13.2 Å². The molecule has 0 unspecified atom stereocenters. The molecule has 0 aliphatic carbocycles. The molecule has 0 spiro atoms. The zero-order valence-electron chi connectivity index (χ0n) is 7.47. The van der Waals surface area contributed by atoms with Crippen LogP contribution in [0, 0.1) is 0 Å². The Morgan fingerprint density at radius 3 is 3.00 bits per heavy atom. The molecule has 0 radical (unpaired) electrons. The second kappa shape index (κ2) is 5.17. The third-order valence-electron chi connectivity index (χ3n) is 1.50. The van der Waals surface area contributed by atoms with Gasteiger partial charge in [0.1, 0.15) is 5.82 Å². The van der Waals surface area contributed by atoms with Gasteiger partial charge < -0.3 is 10.6 Å². The van der Waals surface area contributed by atoms with Crippen molar-refractivity contribution in [2.45, 2.75) is 0 Å². The fourth-order valence-corrected chi connectivity index (χ4v) is 1.58. The molecule has 1 heterocycles. The van der Waals surface area contributed by atoms with Crippen LogP contribution in [0.2, 0.25) is 5.02 Å². The average molecular weight is 279 g/mol. The fourth-order valence-electron chi connectivity index (χ4n) is 0.797. The van der Waals surface area contributed by atoms with Crippen molar-refractivity contribution in [3.05, 3.63) is 21.8 Å². The number of amides is 1. The molecule has 76 valence electrons. The molecule has 0 aromatic carbocycles. The lowest BCUT2D eigenvalue weighted by Crippen LogP contribution is -2.26. The standard InChI is InChI=1S/C8H9BrClN3O/c1-11-7(14)4-13-8-6(9)2-5(10)3-12-8/h2-3H,4H2,1H3,(H,11,14)(H,12,13). The highest BCUT2D eigenvalue weighted by molar-refractivity contribution is 9.10. The number of likely N-dealkylation sites (N-methyl/N-ethyl adjacent to an activating group) is 1. The van der Waals surface area contributed by atoms with Crippen molar-refractivity contribution >= 4 is 39.3 Å². The normalized spacial score (nSPS) is 9.64. The van der Waals surface area contributed by atoms with Crippen LogP contribution in [0.1, 0.15) is 0 Å². The molecule has 14 heavy (non-hydrogen) atoms. The van der Waals surface area contributed by atoms with Gasteiger partial charge in [0.05, 0.1) is 16.0 Å². The molecular formula is C8H9BrClN3O. The van der Waals surface area contributed by atoms with Crippen molar-refractivity contribution in [1.29, 1.82) is 0 Å². The maximum Gasteiger partial charge on any atom is 0.239 e. The predicted octanol–water partition coefficient (Wildman–Crippen LogP) is 1.66. The van der Waals surface area contributed by atoms with E-state index in [9.17, 15) is 4.79 Å². The highest BCUT2D eigenvalue weighted by Gasteiger charge is 2.03. The molecule has 0 saturated heterocycles. The van der Waals surface area contributed by atoms with Crippen molar-refractivity contribution in [1.82, 2.24) is 10.3 Å². The van der Waals surface area contributed by atoms with Crippen LogP contribution in [-0.2, 0) is 4.79 Å². The van der Waals surface area contributed by atoms with E-state index in [4.69, 9.17) is 11.6 Å². The minimum Gasteiger partial charge on any atom is -0.360 e. The van der Waals surface area contributed by atoms with E-state index in [1.54, 1.807) is 13.1 Å². The van der Waals surface area contributed by atoms with Gasteiger partial charge in [-0.2, -0.15) is 0 Å². The van der Waals surface area contributed by atoms with Gasteiger partial charge in [-0.3, -0.25) is 4.79 Å². The smallest absolute Gasteiger partial charge is 0.239 e. The minimum atomic E-state index is -0.103. The zero-order chi connectivity index (χ0) is 10.6. The van der Waals surface area contributed by atoms with Gasteiger partial charge in [-0.25, -0.2) is 4.98 Å². The van der Waals surface area contributed by atoms with Crippen LogP contribution in [0.3, 0.4) is 0 Å².